The Hall–Kier alpha value is -5.46. The van der Waals surface area contributed by atoms with Crippen LogP contribution in [0.15, 0.2) is 71.9 Å². The fourth-order valence-electron chi connectivity index (χ4n) is 4.49. The van der Waals surface area contributed by atoms with Crippen molar-refractivity contribution in [2.45, 2.75) is 46.0 Å². The summed E-state index contributed by atoms with van der Waals surface area (Å²) >= 11 is 0. The molecule has 0 aliphatic heterocycles. The van der Waals surface area contributed by atoms with Crippen LogP contribution in [0, 0.1) is 0 Å². The summed E-state index contributed by atoms with van der Waals surface area (Å²) in [4.78, 5) is 61.2. The highest BCUT2D eigenvalue weighted by atomic mass is 16.5. The molecule has 0 saturated carbocycles. The van der Waals surface area contributed by atoms with Crippen LogP contribution in [0.2, 0.25) is 0 Å². The van der Waals surface area contributed by atoms with E-state index in [1.165, 1.54) is 15.9 Å². The highest BCUT2D eigenvalue weighted by molar-refractivity contribution is 6.07. The van der Waals surface area contributed by atoms with Gasteiger partial charge >= 0.3 is 12.1 Å². The molecule has 0 spiro atoms. The lowest BCUT2D eigenvalue weighted by Gasteiger charge is -2.23. The summed E-state index contributed by atoms with van der Waals surface area (Å²) in [5.74, 6) is -0.710. The number of amidine groups is 1. The number of anilines is 4. The molecule has 2 aromatic carbocycles. The predicted molar refractivity (Wildman–Crippen MR) is 183 cm³/mol. The van der Waals surface area contributed by atoms with E-state index >= 15 is 0 Å². The molecule has 3 rings (SSSR count). The first kappa shape index (κ1) is 36.0. The minimum atomic E-state index is -0.731. The molecule has 250 valence electrons. The number of pyridine rings is 1. The van der Waals surface area contributed by atoms with Gasteiger partial charge in [-0.25, -0.2) is 9.78 Å². The molecule has 0 fully saturated rings. The number of ether oxygens (including phenoxy) is 2. The fraction of sp³-hybridized carbons (Fsp3) is 0.353. The maximum atomic E-state index is 13.5. The minimum absolute atomic E-state index is 0.00838. The number of nitrogen functional groups attached to an aromatic ring is 1. The number of nitrogens with zero attached hydrogens (tertiary/aromatic N) is 4. The molecule has 13 heteroatoms. The third kappa shape index (κ3) is 11.1. The summed E-state index contributed by atoms with van der Waals surface area (Å²) in [6.07, 6.45) is 4.77. The molecule has 0 atom stereocenters. The number of rotatable bonds is 16. The molecule has 1 heterocycles. The molecule has 13 nitrogen and oxygen atoms in total. The fourth-order valence-corrected chi connectivity index (χ4v) is 4.49. The van der Waals surface area contributed by atoms with Gasteiger partial charge in [0.2, 0.25) is 5.91 Å². The van der Waals surface area contributed by atoms with E-state index in [2.05, 4.69) is 22.2 Å². The van der Waals surface area contributed by atoms with Crippen molar-refractivity contribution in [1.82, 2.24) is 4.98 Å². The van der Waals surface area contributed by atoms with Crippen LogP contribution in [0.25, 0.3) is 0 Å². The molecule has 0 unspecified atom stereocenters. The Morgan fingerprint density at radius 1 is 0.936 bits per heavy atom. The number of hydrogen-bond donors (Lipinski definition) is 3. The van der Waals surface area contributed by atoms with Gasteiger partial charge in [0.05, 0.1) is 37.6 Å². The van der Waals surface area contributed by atoms with E-state index in [0.29, 0.717) is 29.4 Å². The minimum Gasteiger partial charge on any atom is -0.466 e. The van der Waals surface area contributed by atoms with E-state index in [4.69, 9.17) is 20.9 Å². The number of aromatic nitrogens is 1. The summed E-state index contributed by atoms with van der Waals surface area (Å²) in [6.45, 7) is 4.38. The Labute approximate surface area is 274 Å². The maximum Gasteiger partial charge on any atom is 0.435 e. The standard InChI is InChI=1S/C34H43N7O6/c1-4-6-7-10-21-47-34(45)39-32(36)24-12-15-26(16-13-24)38-23-30(42)40(3)28-17-14-25(22-27(28)35)33(44)41(20-18-31(43)46-5-2)29-11-8-9-19-37-29/h8-9,11-17,19,22,38H,4-7,10,18,20-21,23,35H2,1-3H3,(H2,36,39,45). The van der Waals surface area contributed by atoms with E-state index in [1.807, 2.05) is 0 Å². The van der Waals surface area contributed by atoms with Crippen molar-refractivity contribution in [2.24, 2.45) is 10.7 Å². The Kier molecular flexibility index (Phi) is 14.2. The number of likely N-dealkylation sites (N-methyl/N-ethyl adjacent to an activating group) is 1. The highest BCUT2D eigenvalue weighted by Crippen LogP contribution is 2.25. The third-order valence-corrected chi connectivity index (χ3v) is 7.09. The van der Waals surface area contributed by atoms with Crippen molar-refractivity contribution in [1.29, 1.82) is 0 Å². The van der Waals surface area contributed by atoms with Crippen molar-refractivity contribution in [3.8, 4) is 0 Å². The Balaban J connectivity index is 1.59. The maximum absolute atomic E-state index is 13.5. The zero-order valence-electron chi connectivity index (χ0n) is 27.1. The number of hydrogen-bond acceptors (Lipinski definition) is 9. The molecule has 0 radical (unpaired) electrons. The first-order valence-corrected chi connectivity index (χ1v) is 15.5. The number of carbonyl (C=O) groups is 4. The highest BCUT2D eigenvalue weighted by Gasteiger charge is 2.22. The van der Waals surface area contributed by atoms with Gasteiger partial charge in [-0.05, 0) is 67.9 Å². The van der Waals surface area contributed by atoms with Gasteiger partial charge in [0.25, 0.3) is 5.91 Å². The lowest BCUT2D eigenvalue weighted by Crippen LogP contribution is -2.34. The number of unbranched alkanes of at least 4 members (excludes halogenated alkanes) is 3. The van der Waals surface area contributed by atoms with Crippen molar-refractivity contribution in [2.75, 3.05) is 54.2 Å². The van der Waals surface area contributed by atoms with Gasteiger partial charge in [0.1, 0.15) is 11.7 Å². The van der Waals surface area contributed by atoms with Crippen molar-refractivity contribution >= 4 is 52.6 Å². The lowest BCUT2D eigenvalue weighted by atomic mass is 10.1. The Morgan fingerprint density at radius 3 is 2.34 bits per heavy atom. The topological polar surface area (TPSA) is 183 Å². The molecule has 3 aromatic rings. The molecule has 47 heavy (non-hydrogen) atoms. The smallest absolute Gasteiger partial charge is 0.435 e. The molecule has 1 aromatic heterocycles. The number of nitrogens with one attached hydrogen (secondary N) is 1. The van der Waals surface area contributed by atoms with Crippen LogP contribution in [0.1, 0.15) is 61.9 Å². The molecule has 0 aliphatic carbocycles. The normalized spacial score (nSPS) is 11.0. The molecule has 0 saturated heterocycles. The van der Waals surface area contributed by atoms with Crippen molar-refractivity contribution < 1.29 is 28.7 Å². The SMILES string of the molecule is CCCCCCOC(=O)N=C(N)c1ccc(NCC(=O)N(C)c2ccc(C(=O)N(CCC(=O)OCC)c3ccccn3)cc2N)cc1. The van der Waals surface area contributed by atoms with Gasteiger partial charge in [-0.1, -0.05) is 32.3 Å². The quantitative estimate of drug-likeness (QED) is 0.0645. The Bertz CT molecular complexity index is 1530. The molecule has 3 amide bonds. The number of carbonyl (C=O) groups excluding carboxylic acids is 4. The predicted octanol–water partition coefficient (Wildman–Crippen LogP) is 4.76. The van der Waals surface area contributed by atoms with Crippen LogP contribution in [0.5, 0.6) is 0 Å². The number of aliphatic imine (C=N–C) groups is 1. The summed E-state index contributed by atoms with van der Waals surface area (Å²) in [5.41, 5.74) is 14.3. The molecule has 0 aliphatic rings. The van der Waals surface area contributed by atoms with E-state index in [1.54, 1.807) is 74.8 Å². The second kappa shape index (κ2) is 18.5. The van der Waals surface area contributed by atoms with Crippen molar-refractivity contribution in [3.63, 3.8) is 0 Å². The molecular formula is C34H43N7O6. The average molecular weight is 646 g/mol. The van der Waals surface area contributed by atoms with Gasteiger partial charge in [-0.15, -0.1) is 0 Å². The van der Waals surface area contributed by atoms with Crippen LogP contribution in [-0.4, -0.2) is 68.0 Å². The first-order chi connectivity index (χ1) is 22.6. The van der Waals surface area contributed by atoms with Gasteiger partial charge in [0.15, 0.2) is 0 Å². The zero-order valence-corrected chi connectivity index (χ0v) is 27.1. The van der Waals surface area contributed by atoms with Gasteiger partial charge in [-0.3, -0.25) is 19.3 Å². The summed E-state index contributed by atoms with van der Waals surface area (Å²) in [5, 5.41) is 3.05. The second-order valence-corrected chi connectivity index (χ2v) is 10.5. The van der Waals surface area contributed by atoms with E-state index in [9.17, 15) is 19.2 Å². The summed E-state index contributed by atoms with van der Waals surface area (Å²) < 4.78 is 10.1. The number of amides is 3. The van der Waals surface area contributed by atoms with E-state index in [0.717, 1.165) is 25.7 Å². The monoisotopic (exact) mass is 645 g/mol. The van der Waals surface area contributed by atoms with Crippen molar-refractivity contribution in [3.05, 3.63) is 78.0 Å². The first-order valence-electron chi connectivity index (χ1n) is 15.5. The number of nitrogens with two attached hydrogens (primary N) is 2. The Morgan fingerprint density at radius 2 is 1.68 bits per heavy atom. The van der Waals surface area contributed by atoms with Gasteiger partial charge < -0.3 is 31.2 Å². The van der Waals surface area contributed by atoms with Crippen LogP contribution < -0.4 is 26.6 Å². The van der Waals surface area contributed by atoms with Gasteiger partial charge in [-0.2, -0.15) is 4.99 Å². The van der Waals surface area contributed by atoms with Crippen LogP contribution in [-0.2, 0) is 19.1 Å². The largest absolute Gasteiger partial charge is 0.466 e. The number of esters is 1. The lowest BCUT2D eigenvalue weighted by molar-refractivity contribution is -0.142. The van der Waals surface area contributed by atoms with Crippen LogP contribution in [0.3, 0.4) is 0 Å². The summed E-state index contributed by atoms with van der Waals surface area (Å²) in [6, 6.07) is 16.6. The summed E-state index contributed by atoms with van der Waals surface area (Å²) in [7, 11) is 1.58. The van der Waals surface area contributed by atoms with E-state index in [-0.39, 0.29) is 49.1 Å². The van der Waals surface area contributed by atoms with Crippen LogP contribution >= 0.6 is 0 Å². The molecule has 0 bridgehead atoms. The zero-order chi connectivity index (χ0) is 34.2. The number of benzene rings is 2. The third-order valence-electron chi connectivity index (χ3n) is 7.09. The van der Waals surface area contributed by atoms with E-state index < -0.39 is 18.0 Å². The second-order valence-electron chi connectivity index (χ2n) is 10.5. The molecule has 5 N–H and O–H groups in total. The molecular weight excluding hydrogens is 602 g/mol. The average Bonchev–Trinajstić information content (AvgIpc) is 3.07. The van der Waals surface area contributed by atoms with Crippen LogP contribution in [0.4, 0.5) is 27.7 Å². The van der Waals surface area contributed by atoms with Gasteiger partial charge in [0, 0.05) is 36.6 Å².